The van der Waals surface area contributed by atoms with Crippen LogP contribution >= 0.6 is 22.9 Å². The van der Waals surface area contributed by atoms with Gasteiger partial charge in [0.2, 0.25) is 11.4 Å². The van der Waals surface area contributed by atoms with Gasteiger partial charge in [0.1, 0.15) is 4.70 Å². The van der Waals surface area contributed by atoms with Gasteiger partial charge >= 0.3 is 0 Å². The molecule has 0 bridgehead atoms. The van der Waals surface area contributed by atoms with Crippen molar-refractivity contribution < 1.29 is 35.2 Å². The highest BCUT2D eigenvalue weighted by atomic mass is 35.5. The predicted molar refractivity (Wildman–Crippen MR) is 147 cm³/mol. The van der Waals surface area contributed by atoms with Crippen molar-refractivity contribution in [2.24, 2.45) is 0 Å². The average molecular weight is 609 g/mol. The molecule has 0 saturated heterocycles. The molecule has 2 aromatic heterocycles. The molecule has 0 saturated carbocycles. The Morgan fingerprint density at radius 1 is 0.974 bits per heavy atom. The number of halogens is 1. The molecule has 4 aromatic rings. The van der Waals surface area contributed by atoms with Crippen molar-refractivity contribution in [2.45, 2.75) is 19.4 Å². The molecule has 0 fully saturated rings. The lowest BCUT2D eigenvalue weighted by Gasteiger charge is -2.19. The number of hydrogen-bond donors (Lipinski definition) is 0. The number of ether oxygens (including phenoxy) is 1. The smallest absolute Gasteiger partial charge is 0.268 e. The molecular formula is C25H23ClN3O7S3-. The highest BCUT2D eigenvalue weighted by Gasteiger charge is 2.29. The van der Waals surface area contributed by atoms with Crippen LogP contribution in [0.1, 0.15) is 17.8 Å². The van der Waals surface area contributed by atoms with E-state index >= 15 is 0 Å². The maximum atomic E-state index is 11.3. The number of aromatic nitrogens is 2. The van der Waals surface area contributed by atoms with E-state index in [0.29, 0.717) is 27.4 Å². The lowest BCUT2D eigenvalue weighted by atomic mass is 10.2. The van der Waals surface area contributed by atoms with Crippen LogP contribution in [-0.2, 0) is 26.8 Å². The molecule has 1 aliphatic rings. The monoisotopic (exact) mass is 608 g/mol. The van der Waals surface area contributed by atoms with E-state index in [0.717, 1.165) is 15.9 Å². The van der Waals surface area contributed by atoms with Crippen molar-refractivity contribution >= 4 is 65.2 Å². The first kappa shape index (κ1) is 27.6. The van der Waals surface area contributed by atoms with E-state index in [1.54, 1.807) is 18.2 Å². The van der Waals surface area contributed by atoms with Crippen molar-refractivity contribution in [1.29, 1.82) is 0 Å². The highest BCUT2D eigenvalue weighted by Crippen LogP contribution is 2.41. The number of aryl methyl sites for hydroxylation is 1. The van der Waals surface area contributed by atoms with Gasteiger partial charge in [-0.05, 0) is 48.9 Å². The van der Waals surface area contributed by atoms with Gasteiger partial charge in [0.05, 0.1) is 32.0 Å². The van der Waals surface area contributed by atoms with E-state index in [-0.39, 0.29) is 25.9 Å². The van der Waals surface area contributed by atoms with E-state index in [1.165, 1.54) is 11.3 Å². The standard InChI is InChI=1S/C25H24ClN3O7S3/c26-18-5-8-23-21(15-18)29(12-4-14-39(33,34)35)25(37-23)17-24-28(11-3-13-38(30,31)32)20-16-19(6-7-22(20)36-24)27-9-1-2-10-27/h1-2,5-10,15-17H,3-4,11-14H2,(H-,30,31,32,33,34,35)/p-1. The van der Waals surface area contributed by atoms with Gasteiger partial charge in [0, 0.05) is 53.6 Å². The molecule has 0 aliphatic carbocycles. The summed E-state index contributed by atoms with van der Waals surface area (Å²) in [6.45, 7) is 0.459. The summed E-state index contributed by atoms with van der Waals surface area (Å²) in [4.78, 5) is 1.82. The maximum absolute atomic E-state index is 11.3. The summed E-state index contributed by atoms with van der Waals surface area (Å²) in [5, 5.41) is 1.22. The van der Waals surface area contributed by atoms with Crippen LogP contribution in [-0.4, -0.2) is 48.6 Å². The molecule has 0 unspecified atom stereocenters. The molecule has 0 N–H and O–H groups in total. The number of hydrogen-bond acceptors (Lipinski definition) is 9. The molecule has 14 heteroatoms. The third-order valence-electron chi connectivity index (χ3n) is 6.11. The molecule has 206 valence electrons. The molecule has 0 spiro atoms. The topological polar surface area (TPSA) is 136 Å². The van der Waals surface area contributed by atoms with E-state index < -0.39 is 31.7 Å². The van der Waals surface area contributed by atoms with Crippen molar-refractivity contribution in [3.8, 4) is 11.4 Å². The Hall–Kier alpha value is -2.94. The third kappa shape index (κ3) is 6.62. The summed E-state index contributed by atoms with van der Waals surface area (Å²) >= 11 is 7.66. The van der Waals surface area contributed by atoms with E-state index in [2.05, 4.69) is 0 Å². The summed E-state index contributed by atoms with van der Waals surface area (Å²) in [7, 11) is -8.77. The summed E-state index contributed by atoms with van der Waals surface area (Å²) in [6.07, 6.45) is 5.78. The fourth-order valence-corrected chi connectivity index (χ4v) is 6.64. The summed E-state index contributed by atoms with van der Waals surface area (Å²) in [6, 6.07) is 14.8. The molecule has 3 heterocycles. The third-order valence-corrected chi connectivity index (χ3v) is 9.03. The van der Waals surface area contributed by atoms with Crippen LogP contribution < -0.4 is 14.2 Å². The number of anilines is 1. The maximum Gasteiger partial charge on any atom is 0.268 e. The quantitative estimate of drug-likeness (QED) is 0.196. The van der Waals surface area contributed by atoms with Gasteiger partial charge in [-0.2, -0.15) is 4.57 Å². The SMILES string of the molecule is O=S(=O)([O-])CCCN1/C(=C/c2sc3ccc(Cl)cc3[n+]2CCCS(=O)(=O)[O-])Oc2ccc(-n3cccc3)cc21. The zero-order chi connectivity index (χ0) is 27.8. The largest absolute Gasteiger partial charge is 0.748 e. The van der Waals surface area contributed by atoms with Crippen molar-refractivity contribution in [1.82, 2.24) is 4.57 Å². The second-order valence-electron chi connectivity index (χ2n) is 8.91. The zero-order valence-electron chi connectivity index (χ0n) is 20.4. The van der Waals surface area contributed by atoms with Crippen LogP contribution in [0.2, 0.25) is 5.02 Å². The summed E-state index contributed by atoms with van der Waals surface area (Å²) in [5.41, 5.74) is 2.36. The molecule has 1 aliphatic heterocycles. The average Bonchev–Trinajstić information content (AvgIpc) is 3.57. The Kier molecular flexibility index (Phi) is 7.73. The van der Waals surface area contributed by atoms with Crippen molar-refractivity contribution in [2.75, 3.05) is 23.0 Å². The minimum atomic E-state index is -4.39. The summed E-state index contributed by atoms with van der Waals surface area (Å²) < 4.78 is 78.3. The predicted octanol–water partition coefficient (Wildman–Crippen LogP) is 3.70. The van der Waals surface area contributed by atoms with E-state index in [1.807, 2.05) is 62.8 Å². The molecule has 0 atom stereocenters. The minimum Gasteiger partial charge on any atom is -0.748 e. The first-order chi connectivity index (χ1) is 18.5. The second kappa shape index (κ2) is 10.9. The minimum absolute atomic E-state index is 0.0864. The van der Waals surface area contributed by atoms with Crippen LogP contribution in [0.4, 0.5) is 5.69 Å². The Bertz CT molecular complexity index is 1770. The molecule has 2 aromatic carbocycles. The van der Waals surface area contributed by atoms with Gasteiger partial charge < -0.3 is 23.3 Å². The van der Waals surface area contributed by atoms with Crippen LogP contribution in [0.15, 0.2) is 66.8 Å². The lowest BCUT2D eigenvalue weighted by Crippen LogP contribution is -2.36. The Labute approximate surface area is 234 Å². The van der Waals surface area contributed by atoms with E-state index in [4.69, 9.17) is 16.3 Å². The lowest BCUT2D eigenvalue weighted by molar-refractivity contribution is -0.668. The van der Waals surface area contributed by atoms with Crippen LogP contribution in [0, 0.1) is 0 Å². The van der Waals surface area contributed by atoms with Gasteiger partial charge in [-0.1, -0.05) is 22.9 Å². The van der Waals surface area contributed by atoms with Gasteiger partial charge in [-0.25, -0.2) is 16.8 Å². The normalized spacial score (nSPS) is 14.7. The Balaban J connectivity index is 1.55. The molecule has 10 nitrogen and oxygen atoms in total. The molecule has 0 amide bonds. The number of thiazole rings is 1. The van der Waals surface area contributed by atoms with Crippen molar-refractivity contribution in [3.63, 3.8) is 0 Å². The number of nitrogens with zero attached hydrogens (tertiary/aromatic N) is 3. The van der Waals surface area contributed by atoms with Gasteiger partial charge in [0.25, 0.3) is 5.01 Å². The first-order valence-electron chi connectivity index (χ1n) is 11.9. The van der Waals surface area contributed by atoms with Crippen LogP contribution in [0.25, 0.3) is 22.0 Å². The number of fused-ring (bicyclic) bond motifs is 2. The zero-order valence-corrected chi connectivity index (χ0v) is 23.6. The van der Waals surface area contributed by atoms with Crippen molar-refractivity contribution in [3.05, 3.63) is 76.8 Å². The molecule has 5 rings (SSSR count). The number of rotatable bonds is 10. The molecular weight excluding hydrogens is 586 g/mol. The van der Waals surface area contributed by atoms with Gasteiger partial charge in [0.15, 0.2) is 12.3 Å². The van der Waals surface area contributed by atoms with E-state index in [9.17, 15) is 25.9 Å². The molecule has 39 heavy (non-hydrogen) atoms. The van der Waals surface area contributed by atoms with Gasteiger partial charge in [-0.3, -0.25) is 0 Å². The Morgan fingerprint density at radius 3 is 2.41 bits per heavy atom. The fraction of sp³-hybridized carbons (Fsp3) is 0.240. The first-order valence-corrected chi connectivity index (χ1v) is 16.3. The fourth-order valence-electron chi connectivity index (χ4n) is 4.41. The second-order valence-corrected chi connectivity index (χ2v) is 13.5. The van der Waals surface area contributed by atoms with Crippen LogP contribution in [0.3, 0.4) is 0 Å². The molecule has 0 radical (unpaired) electrons. The van der Waals surface area contributed by atoms with Gasteiger partial charge in [-0.15, -0.1) is 0 Å². The Morgan fingerprint density at radius 2 is 1.69 bits per heavy atom. The summed E-state index contributed by atoms with van der Waals surface area (Å²) in [5.74, 6) is -0.0430. The number of benzene rings is 2. The van der Waals surface area contributed by atoms with Crippen LogP contribution in [0.5, 0.6) is 5.75 Å². The highest BCUT2D eigenvalue weighted by molar-refractivity contribution is 7.85.